The van der Waals surface area contributed by atoms with Gasteiger partial charge in [-0.15, -0.1) is 15.3 Å². The molecule has 0 saturated heterocycles. The Balaban J connectivity index is 1.59. The van der Waals surface area contributed by atoms with Crippen molar-refractivity contribution in [2.45, 2.75) is 6.54 Å². The van der Waals surface area contributed by atoms with E-state index in [1.54, 1.807) is 23.8 Å². The first-order valence-corrected chi connectivity index (χ1v) is 9.90. The molecule has 8 nitrogen and oxygen atoms in total. The number of methoxy groups -OCH3 is 1. The van der Waals surface area contributed by atoms with Crippen LogP contribution in [0.5, 0.6) is 11.5 Å². The van der Waals surface area contributed by atoms with E-state index in [9.17, 15) is 4.39 Å². The molecule has 0 unspecified atom stereocenters. The van der Waals surface area contributed by atoms with E-state index in [4.69, 9.17) is 14.6 Å². The maximum Gasteiger partial charge on any atom is 0.222 e. The standard InChI is InChI=1S/C22H21FN6O2/c1-28-11-12-31-19-18(28)20(24-13-14-3-7-16(23)8-4-14)27-29-21(25-26-22(19)29)15-5-9-17(30-2)10-6-15/h3-10H,11-13H2,1-2H3,(H,24,27). The topological polar surface area (TPSA) is 76.8 Å². The molecule has 5 rings (SSSR count). The van der Waals surface area contributed by atoms with Crippen LogP contribution in [-0.4, -0.2) is 47.1 Å². The maximum atomic E-state index is 13.2. The minimum Gasteiger partial charge on any atom is -0.497 e. The Morgan fingerprint density at radius 3 is 2.61 bits per heavy atom. The highest BCUT2D eigenvalue weighted by atomic mass is 19.1. The van der Waals surface area contributed by atoms with Crippen LogP contribution in [0.4, 0.5) is 15.9 Å². The number of nitrogens with zero attached hydrogens (tertiary/aromatic N) is 5. The number of hydrogen-bond donors (Lipinski definition) is 1. The van der Waals surface area contributed by atoms with Gasteiger partial charge in [0.2, 0.25) is 5.65 Å². The first kappa shape index (κ1) is 19.1. The molecule has 0 spiro atoms. The van der Waals surface area contributed by atoms with Crippen LogP contribution < -0.4 is 19.7 Å². The molecule has 2 aromatic carbocycles. The molecule has 2 aromatic heterocycles. The summed E-state index contributed by atoms with van der Waals surface area (Å²) in [5.74, 6) is 2.38. The first-order chi connectivity index (χ1) is 15.1. The van der Waals surface area contributed by atoms with Crippen LogP contribution >= 0.6 is 0 Å². The zero-order valence-electron chi connectivity index (χ0n) is 17.2. The molecule has 1 N–H and O–H groups in total. The molecular formula is C22H21FN6O2. The van der Waals surface area contributed by atoms with Crippen LogP contribution in [0, 0.1) is 5.82 Å². The lowest BCUT2D eigenvalue weighted by Crippen LogP contribution is -2.30. The van der Waals surface area contributed by atoms with Crippen molar-refractivity contribution in [1.82, 2.24) is 19.8 Å². The van der Waals surface area contributed by atoms with Gasteiger partial charge in [-0.1, -0.05) is 12.1 Å². The Bertz CT molecular complexity index is 1220. The fraction of sp³-hybridized carbons (Fsp3) is 0.227. The van der Waals surface area contributed by atoms with Gasteiger partial charge in [0.15, 0.2) is 17.4 Å². The molecule has 9 heteroatoms. The van der Waals surface area contributed by atoms with Gasteiger partial charge in [0.1, 0.15) is 23.9 Å². The summed E-state index contributed by atoms with van der Waals surface area (Å²) >= 11 is 0. The van der Waals surface area contributed by atoms with Gasteiger partial charge < -0.3 is 19.7 Å². The van der Waals surface area contributed by atoms with Crippen molar-refractivity contribution in [1.29, 1.82) is 0 Å². The number of fused-ring (bicyclic) bond motifs is 3. The number of halogens is 1. The van der Waals surface area contributed by atoms with E-state index in [1.807, 2.05) is 31.3 Å². The summed E-state index contributed by atoms with van der Waals surface area (Å²) in [6.07, 6.45) is 0. The lowest BCUT2D eigenvalue weighted by atomic mass is 10.2. The van der Waals surface area contributed by atoms with Gasteiger partial charge in [-0.25, -0.2) is 4.39 Å². The molecule has 0 bridgehead atoms. The Kier molecular flexibility index (Phi) is 4.78. The van der Waals surface area contributed by atoms with Crippen molar-refractivity contribution in [3.63, 3.8) is 0 Å². The van der Waals surface area contributed by atoms with E-state index in [0.717, 1.165) is 29.1 Å². The van der Waals surface area contributed by atoms with Crippen LogP contribution in [0.15, 0.2) is 48.5 Å². The highest BCUT2D eigenvalue weighted by Crippen LogP contribution is 2.40. The lowest BCUT2D eigenvalue weighted by Gasteiger charge is -2.29. The molecule has 1 aliphatic rings. The van der Waals surface area contributed by atoms with E-state index in [-0.39, 0.29) is 5.82 Å². The molecule has 31 heavy (non-hydrogen) atoms. The molecule has 158 valence electrons. The smallest absolute Gasteiger partial charge is 0.222 e. The van der Waals surface area contributed by atoms with E-state index >= 15 is 0 Å². The number of aromatic nitrogens is 4. The molecule has 0 saturated carbocycles. The molecule has 1 aliphatic heterocycles. The van der Waals surface area contributed by atoms with Crippen molar-refractivity contribution in [3.8, 4) is 22.9 Å². The fourth-order valence-corrected chi connectivity index (χ4v) is 3.59. The van der Waals surface area contributed by atoms with Crippen molar-refractivity contribution in [2.75, 3.05) is 37.5 Å². The molecule has 0 fully saturated rings. The second-order valence-electron chi connectivity index (χ2n) is 7.26. The normalized spacial score (nSPS) is 13.1. The zero-order chi connectivity index (χ0) is 21.4. The number of nitrogens with one attached hydrogen (secondary N) is 1. The predicted molar refractivity (Wildman–Crippen MR) is 115 cm³/mol. The maximum absolute atomic E-state index is 13.2. The van der Waals surface area contributed by atoms with Gasteiger partial charge in [-0.2, -0.15) is 4.52 Å². The second-order valence-corrected chi connectivity index (χ2v) is 7.26. The monoisotopic (exact) mass is 420 g/mol. The minimum atomic E-state index is -0.262. The number of likely N-dealkylation sites (N-methyl/N-ethyl adjacent to an activating group) is 1. The summed E-state index contributed by atoms with van der Waals surface area (Å²) in [5.41, 5.74) is 3.18. The average molecular weight is 420 g/mol. The summed E-state index contributed by atoms with van der Waals surface area (Å²) in [6, 6.07) is 13.9. The Hall–Kier alpha value is -3.88. The number of hydrogen-bond acceptors (Lipinski definition) is 7. The van der Waals surface area contributed by atoms with E-state index in [0.29, 0.717) is 36.2 Å². The largest absolute Gasteiger partial charge is 0.497 e. The number of anilines is 2. The Morgan fingerprint density at radius 2 is 1.87 bits per heavy atom. The predicted octanol–water partition coefficient (Wildman–Crippen LogP) is 3.38. The lowest BCUT2D eigenvalue weighted by molar-refractivity contribution is 0.312. The minimum absolute atomic E-state index is 0.262. The van der Waals surface area contributed by atoms with Gasteiger partial charge in [0, 0.05) is 19.2 Å². The molecule has 0 radical (unpaired) electrons. The van der Waals surface area contributed by atoms with E-state index in [1.165, 1.54) is 12.1 Å². The third-order valence-corrected chi connectivity index (χ3v) is 5.26. The van der Waals surface area contributed by atoms with Crippen LogP contribution in [0.2, 0.25) is 0 Å². The highest BCUT2D eigenvalue weighted by Gasteiger charge is 2.27. The highest BCUT2D eigenvalue weighted by molar-refractivity contribution is 5.82. The molecule has 0 atom stereocenters. The molecular weight excluding hydrogens is 399 g/mol. The van der Waals surface area contributed by atoms with Crippen molar-refractivity contribution in [2.24, 2.45) is 0 Å². The first-order valence-electron chi connectivity index (χ1n) is 9.90. The number of ether oxygens (including phenoxy) is 2. The quantitative estimate of drug-likeness (QED) is 0.530. The van der Waals surface area contributed by atoms with Crippen molar-refractivity contribution < 1.29 is 13.9 Å². The summed E-state index contributed by atoms with van der Waals surface area (Å²) in [4.78, 5) is 2.08. The van der Waals surface area contributed by atoms with Gasteiger partial charge in [0.05, 0.1) is 13.7 Å². The van der Waals surface area contributed by atoms with Crippen LogP contribution in [-0.2, 0) is 6.54 Å². The van der Waals surface area contributed by atoms with Crippen molar-refractivity contribution in [3.05, 3.63) is 59.9 Å². The molecule has 3 heterocycles. The van der Waals surface area contributed by atoms with Crippen LogP contribution in [0.3, 0.4) is 0 Å². The number of benzene rings is 2. The third-order valence-electron chi connectivity index (χ3n) is 5.26. The number of rotatable bonds is 5. The van der Waals surface area contributed by atoms with Gasteiger partial charge in [-0.05, 0) is 42.0 Å². The second kappa shape index (κ2) is 7.75. The fourth-order valence-electron chi connectivity index (χ4n) is 3.59. The van der Waals surface area contributed by atoms with Gasteiger partial charge in [0.25, 0.3) is 0 Å². The Morgan fingerprint density at radius 1 is 1.10 bits per heavy atom. The average Bonchev–Trinajstić information content (AvgIpc) is 3.23. The summed E-state index contributed by atoms with van der Waals surface area (Å²) in [7, 11) is 3.62. The molecule has 0 aliphatic carbocycles. The van der Waals surface area contributed by atoms with E-state index < -0.39 is 0 Å². The summed E-state index contributed by atoms with van der Waals surface area (Å²) in [6.45, 7) is 1.76. The zero-order valence-corrected chi connectivity index (χ0v) is 17.2. The van der Waals surface area contributed by atoms with Crippen LogP contribution in [0.1, 0.15) is 5.56 Å². The van der Waals surface area contributed by atoms with Gasteiger partial charge in [-0.3, -0.25) is 0 Å². The van der Waals surface area contributed by atoms with Crippen molar-refractivity contribution >= 4 is 17.2 Å². The third kappa shape index (κ3) is 3.48. The van der Waals surface area contributed by atoms with E-state index in [2.05, 4.69) is 20.4 Å². The van der Waals surface area contributed by atoms with Gasteiger partial charge >= 0.3 is 0 Å². The SMILES string of the molecule is COc1ccc(-c2nnc3c4c(c(NCc5ccc(F)cc5)nn23)N(C)CCO4)cc1. The van der Waals surface area contributed by atoms with Crippen LogP contribution in [0.25, 0.3) is 17.0 Å². The molecule has 0 amide bonds. The molecule has 4 aromatic rings. The summed E-state index contributed by atoms with van der Waals surface area (Å²) < 4.78 is 26.2. The Labute approximate surface area is 178 Å². The summed E-state index contributed by atoms with van der Waals surface area (Å²) in [5, 5.41) is 16.9.